The molecule has 4 aromatic rings. The van der Waals surface area contributed by atoms with E-state index in [1.807, 2.05) is 0 Å². The molecule has 0 fully saturated rings. The van der Waals surface area contributed by atoms with Gasteiger partial charge in [-0.15, -0.1) is 0 Å². The van der Waals surface area contributed by atoms with Crippen molar-refractivity contribution in [2.45, 2.75) is 6.92 Å². The standard InChI is InChI=1S/C20H15N3O4/c1-12-10-13(22-17(24)7-6-14-4-3-9-26-14)11-15(18(12)25)20-23-19-16(27-20)5-2-8-21-19/h2-11,25H,1H3,(H,22,24)/b7-6+. The number of furan rings is 1. The molecule has 1 amide bonds. The van der Waals surface area contributed by atoms with Gasteiger partial charge in [0, 0.05) is 18.0 Å². The molecule has 7 heteroatoms. The fourth-order valence-electron chi connectivity index (χ4n) is 2.63. The van der Waals surface area contributed by atoms with Crippen molar-refractivity contribution >= 4 is 28.9 Å². The van der Waals surface area contributed by atoms with Gasteiger partial charge in [-0.2, -0.15) is 4.98 Å². The van der Waals surface area contributed by atoms with Gasteiger partial charge in [-0.25, -0.2) is 4.98 Å². The highest BCUT2D eigenvalue weighted by Gasteiger charge is 2.16. The maximum absolute atomic E-state index is 12.1. The Morgan fingerprint density at radius 3 is 2.93 bits per heavy atom. The number of phenolic OH excluding ortho intramolecular Hbond substituents is 1. The average Bonchev–Trinajstić information content (AvgIpc) is 3.32. The second-order valence-electron chi connectivity index (χ2n) is 5.87. The number of phenols is 1. The van der Waals surface area contributed by atoms with Crippen LogP contribution in [0.25, 0.3) is 28.8 Å². The predicted octanol–water partition coefficient (Wildman–Crippen LogP) is 4.15. The van der Waals surface area contributed by atoms with Gasteiger partial charge in [-0.1, -0.05) is 0 Å². The smallest absolute Gasteiger partial charge is 0.248 e. The molecule has 134 valence electrons. The van der Waals surface area contributed by atoms with Gasteiger partial charge in [-0.3, -0.25) is 4.79 Å². The summed E-state index contributed by atoms with van der Waals surface area (Å²) in [6, 6.07) is 10.2. The summed E-state index contributed by atoms with van der Waals surface area (Å²) in [5.74, 6) is 0.505. The number of benzene rings is 1. The maximum atomic E-state index is 12.1. The van der Waals surface area contributed by atoms with Crippen molar-refractivity contribution in [2.24, 2.45) is 0 Å². The molecule has 0 bridgehead atoms. The Labute approximate surface area is 154 Å². The van der Waals surface area contributed by atoms with E-state index in [0.29, 0.717) is 33.8 Å². The molecule has 3 aromatic heterocycles. The van der Waals surface area contributed by atoms with Gasteiger partial charge in [0.2, 0.25) is 11.8 Å². The number of carbonyl (C=O) groups is 1. The van der Waals surface area contributed by atoms with Crippen LogP contribution in [0.2, 0.25) is 0 Å². The minimum atomic E-state index is -0.332. The third-order valence-corrected chi connectivity index (χ3v) is 3.91. The molecule has 1 aromatic carbocycles. The van der Waals surface area contributed by atoms with E-state index in [2.05, 4.69) is 15.3 Å². The number of nitrogens with zero attached hydrogens (tertiary/aromatic N) is 2. The normalized spacial score (nSPS) is 11.3. The molecule has 0 unspecified atom stereocenters. The monoisotopic (exact) mass is 361 g/mol. The van der Waals surface area contributed by atoms with Crippen molar-refractivity contribution in [1.82, 2.24) is 9.97 Å². The lowest BCUT2D eigenvalue weighted by molar-refractivity contribution is -0.111. The molecule has 0 aliphatic heterocycles. The number of fused-ring (bicyclic) bond motifs is 1. The third kappa shape index (κ3) is 3.43. The number of rotatable bonds is 4. The number of anilines is 1. The van der Waals surface area contributed by atoms with Gasteiger partial charge in [0.25, 0.3) is 0 Å². The minimum Gasteiger partial charge on any atom is -0.507 e. The SMILES string of the molecule is Cc1cc(NC(=O)/C=C/c2ccco2)cc(-c2nc3ncccc3o2)c1O. The molecule has 0 radical (unpaired) electrons. The van der Waals surface area contributed by atoms with Crippen LogP contribution in [-0.2, 0) is 4.79 Å². The molecule has 4 rings (SSSR count). The van der Waals surface area contributed by atoms with Gasteiger partial charge in [0.15, 0.2) is 11.2 Å². The third-order valence-electron chi connectivity index (χ3n) is 3.91. The number of carbonyl (C=O) groups excluding carboxylic acids is 1. The highest BCUT2D eigenvalue weighted by atomic mass is 16.4. The van der Waals surface area contributed by atoms with Crippen molar-refractivity contribution in [3.05, 3.63) is 66.3 Å². The first-order valence-corrected chi connectivity index (χ1v) is 8.18. The number of hydrogen-bond donors (Lipinski definition) is 2. The van der Waals surface area contributed by atoms with Crippen LogP contribution in [0.15, 0.2) is 63.8 Å². The highest BCUT2D eigenvalue weighted by Crippen LogP contribution is 2.35. The van der Waals surface area contributed by atoms with Crippen molar-refractivity contribution in [3.8, 4) is 17.2 Å². The van der Waals surface area contributed by atoms with E-state index in [4.69, 9.17) is 8.83 Å². The summed E-state index contributed by atoms with van der Waals surface area (Å²) in [4.78, 5) is 20.6. The highest BCUT2D eigenvalue weighted by molar-refractivity contribution is 6.02. The first-order valence-electron chi connectivity index (χ1n) is 8.18. The molecular weight excluding hydrogens is 346 g/mol. The molecule has 0 spiro atoms. The zero-order chi connectivity index (χ0) is 18.8. The lowest BCUT2D eigenvalue weighted by Gasteiger charge is -2.09. The number of aromatic nitrogens is 2. The summed E-state index contributed by atoms with van der Waals surface area (Å²) in [6.07, 6.45) is 6.07. The largest absolute Gasteiger partial charge is 0.507 e. The lowest BCUT2D eigenvalue weighted by atomic mass is 10.1. The van der Waals surface area contributed by atoms with Crippen LogP contribution in [-0.4, -0.2) is 21.0 Å². The maximum Gasteiger partial charge on any atom is 0.248 e. The molecule has 27 heavy (non-hydrogen) atoms. The van der Waals surface area contributed by atoms with Crippen LogP contribution in [0.1, 0.15) is 11.3 Å². The van der Waals surface area contributed by atoms with Crippen molar-refractivity contribution in [1.29, 1.82) is 0 Å². The Bertz CT molecular complexity index is 1110. The van der Waals surface area contributed by atoms with E-state index in [0.717, 1.165) is 0 Å². The van der Waals surface area contributed by atoms with E-state index in [1.54, 1.807) is 55.6 Å². The summed E-state index contributed by atoms with van der Waals surface area (Å²) < 4.78 is 10.8. The van der Waals surface area contributed by atoms with Crippen molar-refractivity contribution in [2.75, 3.05) is 5.32 Å². The molecular formula is C20H15N3O4. The van der Waals surface area contributed by atoms with Crippen molar-refractivity contribution in [3.63, 3.8) is 0 Å². The van der Waals surface area contributed by atoms with Crippen LogP contribution >= 0.6 is 0 Å². The fraction of sp³-hybridized carbons (Fsp3) is 0.0500. The van der Waals surface area contributed by atoms with Crippen molar-refractivity contribution < 1.29 is 18.7 Å². The van der Waals surface area contributed by atoms with Crippen LogP contribution in [0.4, 0.5) is 5.69 Å². The number of pyridine rings is 1. The first kappa shape index (κ1) is 16.6. The van der Waals surface area contributed by atoms with Crippen LogP contribution in [0.5, 0.6) is 5.75 Å². The Balaban J connectivity index is 1.64. The second kappa shape index (κ2) is 6.80. The number of oxazole rings is 1. The summed E-state index contributed by atoms with van der Waals surface area (Å²) in [7, 11) is 0. The molecule has 0 aliphatic rings. The Morgan fingerprint density at radius 2 is 2.15 bits per heavy atom. The van der Waals surface area contributed by atoms with Gasteiger partial charge in [-0.05, 0) is 55.0 Å². The first-order chi connectivity index (χ1) is 13.1. The zero-order valence-electron chi connectivity index (χ0n) is 14.3. The van der Waals surface area contributed by atoms with Gasteiger partial charge in [0.1, 0.15) is 11.5 Å². The van der Waals surface area contributed by atoms with Crippen LogP contribution in [0.3, 0.4) is 0 Å². The van der Waals surface area contributed by atoms with E-state index in [1.165, 1.54) is 12.3 Å². The quantitative estimate of drug-likeness (QED) is 0.418. The molecule has 3 heterocycles. The molecule has 7 nitrogen and oxygen atoms in total. The van der Waals surface area contributed by atoms with E-state index < -0.39 is 0 Å². The number of nitrogens with one attached hydrogen (secondary N) is 1. The topological polar surface area (TPSA) is 101 Å². The lowest BCUT2D eigenvalue weighted by Crippen LogP contribution is -2.08. The van der Waals surface area contributed by atoms with E-state index in [-0.39, 0.29) is 17.5 Å². The molecule has 2 N–H and O–H groups in total. The minimum absolute atomic E-state index is 0.0330. The zero-order valence-corrected chi connectivity index (χ0v) is 14.3. The van der Waals surface area contributed by atoms with Crippen LogP contribution in [0, 0.1) is 6.92 Å². The molecule has 0 aliphatic carbocycles. The van der Waals surface area contributed by atoms with Gasteiger partial charge < -0.3 is 19.3 Å². The Morgan fingerprint density at radius 1 is 1.26 bits per heavy atom. The summed E-state index contributed by atoms with van der Waals surface area (Å²) >= 11 is 0. The summed E-state index contributed by atoms with van der Waals surface area (Å²) in [5, 5.41) is 13.2. The fourth-order valence-corrected chi connectivity index (χ4v) is 2.63. The van der Waals surface area contributed by atoms with Crippen LogP contribution < -0.4 is 5.32 Å². The number of aryl methyl sites for hydroxylation is 1. The van der Waals surface area contributed by atoms with E-state index in [9.17, 15) is 9.90 Å². The van der Waals surface area contributed by atoms with Gasteiger partial charge >= 0.3 is 0 Å². The summed E-state index contributed by atoms with van der Waals surface area (Å²) in [6.45, 7) is 1.73. The Hall–Kier alpha value is -3.87. The van der Waals surface area contributed by atoms with Gasteiger partial charge in [0.05, 0.1) is 11.8 Å². The molecule has 0 saturated carbocycles. The van der Waals surface area contributed by atoms with E-state index >= 15 is 0 Å². The number of hydrogen-bond acceptors (Lipinski definition) is 6. The second-order valence-corrected chi connectivity index (χ2v) is 5.87. The average molecular weight is 361 g/mol. The molecule has 0 atom stereocenters. The number of amides is 1. The predicted molar refractivity (Wildman–Crippen MR) is 100 cm³/mol. The summed E-state index contributed by atoms with van der Waals surface area (Å²) in [5.41, 5.74) is 2.41. The Kier molecular flexibility index (Phi) is 4.18. The molecule has 0 saturated heterocycles. The number of aromatic hydroxyl groups is 1.